The molecule has 0 aromatic heterocycles. The van der Waals surface area contributed by atoms with Gasteiger partial charge >= 0.3 is 0 Å². The fourth-order valence-electron chi connectivity index (χ4n) is 1.74. The van der Waals surface area contributed by atoms with Crippen LogP contribution in [0.2, 0.25) is 0 Å². The number of hydrogen-bond donors (Lipinski definition) is 1. The highest BCUT2D eigenvalue weighted by molar-refractivity contribution is 4.92. The zero-order valence-electron chi connectivity index (χ0n) is 9.32. The molecular weight excluding hydrogens is 176 g/mol. The summed E-state index contributed by atoms with van der Waals surface area (Å²) in [6.07, 6.45) is 0. The molecule has 1 rings (SSSR count). The lowest BCUT2D eigenvalue weighted by Crippen LogP contribution is -2.52. The smallest absolute Gasteiger partial charge is 0.108 e. The second-order valence-corrected chi connectivity index (χ2v) is 4.06. The summed E-state index contributed by atoms with van der Waals surface area (Å²) in [6.45, 7) is 6.30. The van der Waals surface area contributed by atoms with Crippen molar-refractivity contribution >= 4 is 0 Å². The molecule has 0 aliphatic carbocycles. The Kier molecular flexibility index (Phi) is 4.33. The Hall–Kier alpha value is -0.630. The molecule has 0 aromatic carbocycles. The largest absolute Gasteiger partial charge is 0.304 e. The minimum Gasteiger partial charge on any atom is -0.304 e. The average molecular weight is 196 g/mol. The second kappa shape index (κ2) is 5.30. The Morgan fingerprint density at radius 1 is 1.57 bits per heavy atom. The lowest BCUT2D eigenvalue weighted by Gasteiger charge is -2.38. The summed E-state index contributed by atoms with van der Waals surface area (Å²) in [5.74, 6) is 0. The number of hydrogen-bond acceptors (Lipinski definition) is 4. The molecule has 0 bridgehead atoms. The highest BCUT2D eigenvalue weighted by Crippen LogP contribution is 2.06. The maximum Gasteiger partial charge on any atom is 0.108 e. The standard InChI is InChI=1S/C10H20N4/c1-9-7-14(5-4-13(9)3)8-10(6-11)12-2/h9-10,12H,4-5,7-8H2,1-3H3. The molecule has 80 valence electrons. The van der Waals surface area contributed by atoms with E-state index in [0.717, 1.165) is 26.2 Å². The van der Waals surface area contributed by atoms with Gasteiger partial charge in [0, 0.05) is 32.2 Å². The van der Waals surface area contributed by atoms with Crippen LogP contribution in [0.5, 0.6) is 0 Å². The average Bonchev–Trinajstić information content (AvgIpc) is 2.19. The number of nitriles is 1. The second-order valence-electron chi connectivity index (χ2n) is 4.06. The van der Waals surface area contributed by atoms with E-state index < -0.39 is 0 Å². The van der Waals surface area contributed by atoms with E-state index in [2.05, 4.69) is 35.2 Å². The van der Waals surface area contributed by atoms with Crippen LogP contribution in [0.1, 0.15) is 6.92 Å². The maximum atomic E-state index is 8.82. The molecule has 0 amide bonds. The lowest BCUT2D eigenvalue weighted by molar-refractivity contribution is 0.102. The Morgan fingerprint density at radius 3 is 2.79 bits per heavy atom. The van der Waals surface area contributed by atoms with Gasteiger partial charge < -0.3 is 10.2 Å². The SMILES string of the molecule is CNC(C#N)CN1CCN(C)C(C)C1. The third kappa shape index (κ3) is 2.95. The van der Waals surface area contributed by atoms with E-state index in [4.69, 9.17) is 5.26 Å². The van der Waals surface area contributed by atoms with Crippen LogP contribution in [0.25, 0.3) is 0 Å². The quantitative estimate of drug-likeness (QED) is 0.675. The fourth-order valence-corrected chi connectivity index (χ4v) is 1.74. The molecule has 14 heavy (non-hydrogen) atoms. The lowest BCUT2D eigenvalue weighted by atomic mass is 10.2. The molecule has 1 fully saturated rings. The van der Waals surface area contributed by atoms with Gasteiger partial charge in [-0.1, -0.05) is 0 Å². The summed E-state index contributed by atoms with van der Waals surface area (Å²) in [7, 11) is 4.00. The predicted octanol–water partition coefficient (Wildman–Crippen LogP) is -0.266. The van der Waals surface area contributed by atoms with E-state index in [1.165, 1.54) is 0 Å². The molecule has 1 aliphatic heterocycles. The molecule has 1 N–H and O–H groups in total. The van der Waals surface area contributed by atoms with Crippen LogP contribution in [0.4, 0.5) is 0 Å². The molecule has 1 heterocycles. The first-order valence-corrected chi connectivity index (χ1v) is 5.17. The molecule has 1 aliphatic rings. The van der Waals surface area contributed by atoms with Gasteiger partial charge in [-0.05, 0) is 21.0 Å². The van der Waals surface area contributed by atoms with E-state index >= 15 is 0 Å². The summed E-state index contributed by atoms with van der Waals surface area (Å²) in [5.41, 5.74) is 0. The normalized spacial score (nSPS) is 27.1. The summed E-state index contributed by atoms with van der Waals surface area (Å²) >= 11 is 0. The first-order chi connectivity index (χ1) is 6.67. The van der Waals surface area contributed by atoms with Gasteiger partial charge in [-0.3, -0.25) is 4.90 Å². The van der Waals surface area contributed by atoms with Gasteiger partial charge in [0.15, 0.2) is 0 Å². The summed E-state index contributed by atoms with van der Waals surface area (Å²) in [5, 5.41) is 11.8. The minimum atomic E-state index is -0.0365. The Morgan fingerprint density at radius 2 is 2.29 bits per heavy atom. The van der Waals surface area contributed by atoms with Gasteiger partial charge in [0.05, 0.1) is 6.07 Å². The van der Waals surface area contributed by atoms with Crippen LogP contribution < -0.4 is 5.32 Å². The van der Waals surface area contributed by atoms with Crippen molar-refractivity contribution in [2.24, 2.45) is 0 Å². The molecule has 0 radical (unpaired) electrons. The van der Waals surface area contributed by atoms with Crippen molar-refractivity contribution in [2.45, 2.75) is 19.0 Å². The molecule has 4 nitrogen and oxygen atoms in total. The van der Waals surface area contributed by atoms with E-state index in [1.807, 2.05) is 7.05 Å². The first kappa shape index (κ1) is 11.4. The van der Waals surface area contributed by atoms with Gasteiger partial charge in [0.2, 0.25) is 0 Å². The van der Waals surface area contributed by atoms with Crippen LogP contribution in [0.3, 0.4) is 0 Å². The molecule has 4 heteroatoms. The van der Waals surface area contributed by atoms with Crippen molar-refractivity contribution in [3.63, 3.8) is 0 Å². The number of nitrogens with zero attached hydrogens (tertiary/aromatic N) is 3. The van der Waals surface area contributed by atoms with Crippen LogP contribution >= 0.6 is 0 Å². The van der Waals surface area contributed by atoms with Crippen molar-refractivity contribution in [1.29, 1.82) is 5.26 Å². The summed E-state index contributed by atoms with van der Waals surface area (Å²) in [4.78, 5) is 4.71. The molecule has 0 aromatic rings. The van der Waals surface area contributed by atoms with Crippen LogP contribution in [-0.4, -0.2) is 62.2 Å². The number of nitrogens with one attached hydrogen (secondary N) is 1. The first-order valence-electron chi connectivity index (χ1n) is 5.17. The van der Waals surface area contributed by atoms with Gasteiger partial charge in [-0.25, -0.2) is 0 Å². The van der Waals surface area contributed by atoms with E-state index in [1.54, 1.807) is 0 Å². The molecule has 2 unspecified atom stereocenters. The fraction of sp³-hybridized carbons (Fsp3) is 0.900. The van der Waals surface area contributed by atoms with Crippen LogP contribution in [0.15, 0.2) is 0 Å². The van der Waals surface area contributed by atoms with E-state index in [9.17, 15) is 0 Å². The number of rotatable bonds is 3. The molecule has 0 spiro atoms. The van der Waals surface area contributed by atoms with Crippen molar-refractivity contribution in [1.82, 2.24) is 15.1 Å². The number of piperazine rings is 1. The predicted molar refractivity (Wildman–Crippen MR) is 57.0 cm³/mol. The van der Waals surface area contributed by atoms with Gasteiger partial charge in [-0.15, -0.1) is 0 Å². The molecule has 0 saturated carbocycles. The third-order valence-electron chi connectivity index (χ3n) is 2.99. The topological polar surface area (TPSA) is 42.3 Å². The molecular formula is C10H20N4. The Bertz CT molecular complexity index is 211. The van der Waals surface area contributed by atoms with Gasteiger partial charge in [0.25, 0.3) is 0 Å². The van der Waals surface area contributed by atoms with Crippen molar-refractivity contribution in [3.05, 3.63) is 0 Å². The van der Waals surface area contributed by atoms with E-state index in [0.29, 0.717) is 6.04 Å². The number of likely N-dealkylation sites (N-methyl/N-ethyl adjacent to an activating group) is 2. The minimum absolute atomic E-state index is 0.0365. The van der Waals surface area contributed by atoms with Crippen LogP contribution in [0, 0.1) is 11.3 Å². The highest BCUT2D eigenvalue weighted by atomic mass is 15.3. The van der Waals surface area contributed by atoms with Crippen molar-refractivity contribution < 1.29 is 0 Å². The zero-order valence-corrected chi connectivity index (χ0v) is 9.32. The highest BCUT2D eigenvalue weighted by Gasteiger charge is 2.22. The van der Waals surface area contributed by atoms with E-state index in [-0.39, 0.29) is 6.04 Å². The molecule has 2 atom stereocenters. The monoisotopic (exact) mass is 196 g/mol. The summed E-state index contributed by atoms with van der Waals surface area (Å²) in [6, 6.07) is 2.82. The maximum absolute atomic E-state index is 8.82. The van der Waals surface area contributed by atoms with Crippen LogP contribution in [-0.2, 0) is 0 Å². The van der Waals surface area contributed by atoms with Gasteiger partial charge in [0.1, 0.15) is 6.04 Å². The van der Waals surface area contributed by atoms with Crippen molar-refractivity contribution in [3.8, 4) is 6.07 Å². The van der Waals surface area contributed by atoms with Gasteiger partial charge in [-0.2, -0.15) is 5.26 Å². The third-order valence-corrected chi connectivity index (χ3v) is 2.99. The Balaban J connectivity index is 2.36. The summed E-state index contributed by atoms with van der Waals surface area (Å²) < 4.78 is 0. The Labute approximate surface area is 86.5 Å². The zero-order chi connectivity index (χ0) is 10.6. The molecule has 1 saturated heterocycles. The van der Waals surface area contributed by atoms with Crippen molar-refractivity contribution in [2.75, 3.05) is 40.3 Å².